The van der Waals surface area contributed by atoms with Gasteiger partial charge in [-0.1, -0.05) is 42.5 Å². The monoisotopic (exact) mass is 374 g/mol. The highest BCUT2D eigenvalue weighted by atomic mass is 16.1. The number of H-pyrrole nitrogens is 1. The molecule has 2 aromatic carbocycles. The summed E-state index contributed by atoms with van der Waals surface area (Å²) in [6, 6.07) is 15.4. The Morgan fingerprint density at radius 1 is 1.14 bits per heavy atom. The third-order valence-electron chi connectivity index (χ3n) is 4.93. The fourth-order valence-corrected chi connectivity index (χ4v) is 3.72. The number of aromatic amines is 1. The van der Waals surface area contributed by atoms with E-state index in [1.54, 1.807) is 12.4 Å². The molecule has 28 heavy (non-hydrogen) atoms. The zero-order valence-electron chi connectivity index (χ0n) is 14.9. The fourth-order valence-electron chi connectivity index (χ4n) is 3.72. The predicted molar refractivity (Wildman–Crippen MR) is 106 cm³/mol. The van der Waals surface area contributed by atoms with Crippen LogP contribution in [-0.2, 0) is 17.6 Å². The first-order chi connectivity index (χ1) is 13.2. The molecule has 0 spiro atoms. The Labute approximate surface area is 160 Å². The Kier molecular flexibility index (Phi) is 4.29. The van der Waals surface area contributed by atoms with Gasteiger partial charge in [0.05, 0.1) is 17.8 Å². The number of hydrogen-bond donors (Lipinski definition) is 2. The van der Waals surface area contributed by atoms with Crippen molar-refractivity contribution in [3.05, 3.63) is 88.1 Å². The van der Waals surface area contributed by atoms with Crippen molar-refractivity contribution in [2.45, 2.75) is 12.8 Å². The normalized spacial score (nSPS) is 11.6. The topological polar surface area (TPSA) is 111 Å². The number of benzene rings is 2. The number of aromatic nitrogens is 3. The number of nitrogens with zero attached hydrogens (tertiary/aromatic N) is 2. The van der Waals surface area contributed by atoms with Crippen LogP contribution in [0.15, 0.2) is 65.7 Å². The number of hydrogen-bond acceptors (Lipinski definition) is 3. The Hall–Kier alpha value is -3.71. The highest BCUT2D eigenvalue weighted by molar-refractivity contribution is 5.95. The van der Waals surface area contributed by atoms with E-state index in [0.29, 0.717) is 18.5 Å². The molecule has 1 aliphatic carbocycles. The molecular formula is C21H18N4O3. The minimum atomic E-state index is -0.217. The summed E-state index contributed by atoms with van der Waals surface area (Å²) >= 11 is 0. The molecular weight excluding hydrogens is 356 g/mol. The zero-order valence-corrected chi connectivity index (χ0v) is 14.9. The molecule has 7 nitrogen and oxygen atoms in total. The van der Waals surface area contributed by atoms with Gasteiger partial charge in [0.1, 0.15) is 0 Å². The molecule has 1 amide bonds. The smallest absolute Gasteiger partial charge is 0.292 e. The lowest BCUT2D eigenvalue weighted by atomic mass is 10.1. The van der Waals surface area contributed by atoms with E-state index in [1.165, 1.54) is 0 Å². The van der Waals surface area contributed by atoms with Crippen molar-refractivity contribution >= 4 is 17.2 Å². The summed E-state index contributed by atoms with van der Waals surface area (Å²) in [7, 11) is 0. The maximum Gasteiger partial charge on any atom is 0.292 e. The van der Waals surface area contributed by atoms with Crippen LogP contribution in [0.2, 0.25) is 0 Å². The maximum atomic E-state index is 12.5. The summed E-state index contributed by atoms with van der Waals surface area (Å²) in [6.07, 6.45) is 4.36. The van der Waals surface area contributed by atoms with E-state index in [9.17, 15) is 9.59 Å². The lowest BCUT2D eigenvalue weighted by Crippen LogP contribution is -2.15. The summed E-state index contributed by atoms with van der Waals surface area (Å²) < 4.78 is 1.82. The first-order valence-corrected chi connectivity index (χ1v) is 8.75. The predicted octanol–water partition coefficient (Wildman–Crippen LogP) is 1.95. The standard InChI is InChI=1S/C21H16N4O2.H2O/c26-18(11-13-5-2-1-3-6-13)23-16-8-4-7-14-15(16)12-17-19(14)24-21(27)20-22-9-10-25(17)20;/h1-10H,11-12H2,(H,23,26)(H,24,27);1H2. The zero-order chi connectivity index (χ0) is 18.4. The van der Waals surface area contributed by atoms with Crippen LogP contribution in [0.5, 0.6) is 0 Å². The number of nitrogens with one attached hydrogen (secondary N) is 2. The van der Waals surface area contributed by atoms with E-state index in [-0.39, 0.29) is 16.9 Å². The first-order valence-electron chi connectivity index (χ1n) is 8.75. The van der Waals surface area contributed by atoms with Gasteiger partial charge in [0.2, 0.25) is 11.6 Å². The van der Waals surface area contributed by atoms with Gasteiger partial charge < -0.3 is 15.8 Å². The van der Waals surface area contributed by atoms with Gasteiger partial charge in [0.25, 0.3) is 5.56 Å². The molecule has 1 aliphatic rings. The van der Waals surface area contributed by atoms with Crippen molar-refractivity contribution in [2.75, 3.05) is 5.32 Å². The van der Waals surface area contributed by atoms with E-state index >= 15 is 0 Å². The van der Waals surface area contributed by atoms with Crippen molar-refractivity contribution in [3.63, 3.8) is 0 Å². The number of anilines is 1. The molecule has 4 aromatic rings. The highest BCUT2D eigenvalue weighted by Gasteiger charge is 2.25. The Morgan fingerprint density at radius 2 is 1.96 bits per heavy atom. The highest BCUT2D eigenvalue weighted by Crippen LogP contribution is 2.38. The third-order valence-corrected chi connectivity index (χ3v) is 4.93. The molecule has 0 fully saturated rings. The maximum absolute atomic E-state index is 12.5. The van der Waals surface area contributed by atoms with Crippen molar-refractivity contribution in [1.29, 1.82) is 0 Å². The summed E-state index contributed by atoms with van der Waals surface area (Å²) in [5.74, 6) is -0.0631. The van der Waals surface area contributed by atoms with Gasteiger partial charge in [-0.15, -0.1) is 0 Å². The van der Waals surface area contributed by atoms with Crippen LogP contribution >= 0.6 is 0 Å². The summed E-state index contributed by atoms with van der Waals surface area (Å²) in [5, 5.41) is 3.03. The van der Waals surface area contributed by atoms with Crippen LogP contribution in [0.4, 0.5) is 5.69 Å². The lowest BCUT2D eigenvalue weighted by molar-refractivity contribution is -0.115. The van der Waals surface area contributed by atoms with Crippen LogP contribution in [-0.4, -0.2) is 25.8 Å². The molecule has 7 heteroatoms. The molecule has 0 radical (unpaired) electrons. The van der Waals surface area contributed by atoms with Gasteiger partial charge in [-0.05, 0) is 17.2 Å². The van der Waals surface area contributed by atoms with Crippen LogP contribution in [0.3, 0.4) is 0 Å². The van der Waals surface area contributed by atoms with E-state index < -0.39 is 0 Å². The van der Waals surface area contributed by atoms with Gasteiger partial charge in [-0.3, -0.25) is 14.0 Å². The van der Waals surface area contributed by atoms with Gasteiger partial charge in [-0.25, -0.2) is 4.98 Å². The molecule has 0 unspecified atom stereocenters. The van der Waals surface area contributed by atoms with Crippen LogP contribution < -0.4 is 10.9 Å². The second-order valence-corrected chi connectivity index (χ2v) is 6.62. The molecule has 2 heterocycles. The fraction of sp³-hybridized carbons (Fsp3) is 0.0952. The van der Waals surface area contributed by atoms with Gasteiger partial charge in [0.15, 0.2) is 0 Å². The first kappa shape index (κ1) is 17.7. The number of imidazole rings is 1. The third kappa shape index (κ3) is 2.78. The van der Waals surface area contributed by atoms with Gasteiger partial charge >= 0.3 is 0 Å². The van der Waals surface area contributed by atoms with Crippen molar-refractivity contribution in [1.82, 2.24) is 14.4 Å². The molecule has 140 valence electrons. The van der Waals surface area contributed by atoms with E-state index in [1.807, 2.05) is 52.9 Å². The second kappa shape index (κ2) is 6.79. The van der Waals surface area contributed by atoms with Crippen molar-refractivity contribution in [2.24, 2.45) is 0 Å². The van der Waals surface area contributed by atoms with E-state index in [4.69, 9.17) is 0 Å². The van der Waals surface area contributed by atoms with Crippen molar-refractivity contribution in [3.8, 4) is 11.3 Å². The number of carbonyl (C=O) groups is 1. The lowest BCUT2D eigenvalue weighted by Gasteiger charge is -2.10. The van der Waals surface area contributed by atoms with Gasteiger partial charge in [0, 0.05) is 30.1 Å². The number of amides is 1. The summed E-state index contributed by atoms with van der Waals surface area (Å²) in [4.78, 5) is 31.8. The Balaban J connectivity index is 0.00000192. The SMILES string of the molecule is O.O=C(Cc1ccccc1)Nc1cccc2c1Cc1c-2[nH]c(=O)c2nccn12. The molecule has 0 atom stereocenters. The molecule has 2 aromatic heterocycles. The van der Waals surface area contributed by atoms with Crippen LogP contribution in [0.25, 0.3) is 16.9 Å². The van der Waals surface area contributed by atoms with E-state index in [0.717, 1.165) is 33.8 Å². The minimum Gasteiger partial charge on any atom is -0.412 e. The minimum absolute atomic E-state index is 0. The molecule has 5 rings (SSSR count). The molecule has 0 saturated heterocycles. The average molecular weight is 374 g/mol. The summed E-state index contributed by atoms with van der Waals surface area (Å²) in [5.41, 5.74) is 5.62. The van der Waals surface area contributed by atoms with Crippen LogP contribution in [0.1, 0.15) is 16.8 Å². The number of carbonyl (C=O) groups excluding carboxylic acids is 1. The van der Waals surface area contributed by atoms with Crippen molar-refractivity contribution < 1.29 is 10.3 Å². The Bertz CT molecular complexity index is 1240. The summed E-state index contributed by atoms with van der Waals surface area (Å²) in [6.45, 7) is 0. The molecule has 0 saturated carbocycles. The number of fused-ring (bicyclic) bond motifs is 5. The largest absolute Gasteiger partial charge is 0.412 e. The average Bonchev–Trinajstić information content (AvgIpc) is 3.29. The molecule has 0 bridgehead atoms. The second-order valence-electron chi connectivity index (χ2n) is 6.62. The van der Waals surface area contributed by atoms with E-state index in [2.05, 4.69) is 15.3 Å². The Morgan fingerprint density at radius 3 is 2.79 bits per heavy atom. The van der Waals surface area contributed by atoms with Gasteiger partial charge in [-0.2, -0.15) is 0 Å². The number of rotatable bonds is 3. The molecule has 0 aliphatic heterocycles. The van der Waals surface area contributed by atoms with Crippen LogP contribution in [0, 0.1) is 0 Å². The molecule has 4 N–H and O–H groups in total. The quantitative estimate of drug-likeness (QED) is 0.503.